The summed E-state index contributed by atoms with van der Waals surface area (Å²) in [7, 11) is 0. The summed E-state index contributed by atoms with van der Waals surface area (Å²) < 4.78 is 0. The third-order valence-corrected chi connectivity index (χ3v) is 1.91. The van der Waals surface area contributed by atoms with E-state index < -0.39 is 0 Å². The Morgan fingerprint density at radius 1 is 1.50 bits per heavy atom. The molecule has 0 spiro atoms. The zero-order valence-corrected chi connectivity index (χ0v) is 6.63. The molecule has 3 nitrogen and oxygen atoms in total. The first kappa shape index (κ1) is 6.86. The number of nitrogens with zero attached hydrogens (tertiary/aromatic N) is 2. The second-order valence-corrected chi connectivity index (χ2v) is 2.74. The molecule has 1 N–H and O–H groups in total. The highest BCUT2D eigenvalue weighted by atomic mass is 15.1. The molecule has 3 heteroatoms. The zero-order chi connectivity index (χ0) is 8.55. The zero-order valence-electron chi connectivity index (χ0n) is 6.63. The summed E-state index contributed by atoms with van der Waals surface area (Å²) in [6.07, 6.45) is 1.75. The van der Waals surface area contributed by atoms with Gasteiger partial charge in [0, 0.05) is 5.39 Å². The largest absolute Gasteiger partial charge is 0.278 e. The lowest BCUT2D eigenvalue weighted by Gasteiger charge is -1.95. The van der Waals surface area contributed by atoms with Gasteiger partial charge in [0.25, 0.3) is 0 Å². The molecule has 1 aromatic carbocycles. The van der Waals surface area contributed by atoms with Crippen molar-refractivity contribution < 1.29 is 0 Å². The van der Waals surface area contributed by atoms with Crippen molar-refractivity contribution in [2.24, 2.45) is 0 Å². The summed E-state index contributed by atoms with van der Waals surface area (Å²) >= 11 is 0. The van der Waals surface area contributed by atoms with Gasteiger partial charge in [0.15, 0.2) is 0 Å². The third kappa shape index (κ3) is 0.857. The van der Waals surface area contributed by atoms with Crippen LogP contribution in [0, 0.1) is 18.3 Å². The highest BCUT2D eigenvalue weighted by Gasteiger charge is 2.00. The molecule has 58 valence electrons. The summed E-state index contributed by atoms with van der Waals surface area (Å²) in [5.74, 6) is 0. The van der Waals surface area contributed by atoms with Crippen molar-refractivity contribution in [3.8, 4) is 6.07 Å². The Kier molecular flexibility index (Phi) is 1.34. The number of hydrogen-bond acceptors (Lipinski definition) is 2. The van der Waals surface area contributed by atoms with Crippen molar-refractivity contribution >= 4 is 10.9 Å². The fourth-order valence-electron chi connectivity index (χ4n) is 1.23. The Morgan fingerprint density at radius 2 is 2.33 bits per heavy atom. The molecule has 0 aliphatic rings. The maximum atomic E-state index is 8.73. The van der Waals surface area contributed by atoms with E-state index >= 15 is 0 Å². The molecule has 0 radical (unpaired) electrons. The first-order chi connectivity index (χ1) is 5.81. The summed E-state index contributed by atoms with van der Waals surface area (Å²) in [4.78, 5) is 0. The maximum Gasteiger partial charge on any atom is 0.0995 e. The van der Waals surface area contributed by atoms with Crippen molar-refractivity contribution in [2.45, 2.75) is 6.92 Å². The first-order valence-corrected chi connectivity index (χ1v) is 3.65. The average Bonchev–Trinajstić information content (AvgIpc) is 2.49. The fraction of sp³-hybridized carbons (Fsp3) is 0.111. The molecule has 2 rings (SSSR count). The number of aryl methyl sites for hydroxylation is 1. The van der Waals surface area contributed by atoms with Gasteiger partial charge in [-0.1, -0.05) is 0 Å². The first-order valence-electron chi connectivity index (χ1n) is 3.65. The molecular weight excluding hydrogens is 150 g/mol. The van der Waals surface area contributed by atoms with E-state index in [1.54, 1.807) is 6.20 Å². The van der Waals surface area contributed by atoms with Crippen molar-refractivity contribution in [2.75, 3.05) is 0 Å². The second kappa shape index (κ2) is 2.35. The second-order valence-electron chi connectivity index (χ2n) is 2.74. The fourth-order valence-corrected chi connectivity index (χ4v) is 1.23. The quantitative estimate of drug-likeness (QED) is 0.633. The standard InChI is InChI=1S/C9H7N3/c1-6-2-8-5-11-12-9(8)3-7(6)4-10/h2-3,5H,1H3,(H,11,12). The van der Waals surface area contributed by atoms with E-state index in [0.29, 0.717) is 5.56 Å². The molecule has 2 aromatic rings. The van der Waals surface area contributed by atoms with Gasteiger partial charge in [0.2, 0.25) is 0 Å². The summed E-state index contributed by atoms with van der Waals surface area (Å²) in [6, 6.07) is 5.90. The normalized spacial score (nSPS) is 10.0. The molecule has 0 saturated carbocycles. The number of H-pyrrole nitrogens is 1. The highest BCUT2D eigenvalue weighted by molar-refractivity contribution is 5.80. The molecule has 0 bridgehead atoms. The molecule has 0 atom stereocenters. The van der Waals surface area contributed by atoms with E-state index in [1.165, 1.54) is 0 Å². The Balaban J connectivity index is 2.84. The SMILES string of the molecule is Cc1cc2cn[nH]c2cc1C#N. The van der Waals surface area contributed by atoms with Crippen molar-refractivity contribution in [3.05, 3.63) is 29.5 Å². The summed E-state index contributed by atoms with van der Waals surface area (Å²) in [5.41, 5.74) is 2.61. The summed E-state index contributed by atoms with van der Waals surface area (Å²) in [6.45, 7) is 1.92. The number of benzene rings is 1. The molecule has 1 heterocycles. The number of aromatic amines is 1. The van der Waals surface area contributed by atoms with Crippen LogP contribution in [-0.4, -0.2) is 10.2 Å². The molecule has 0 fully saturated rings. The topological polar surface area (TPSA) is 52.5 Å². The van der Waals surface area contributed by atoms with Gasteiger partial charge in [-0.25, -0.2) is 0 Å². The van der Waals surface area contributed by atoms with Gasteiger partial charge >= 0.3 is 0 Å². The molecule has 0 aliphatic carbocycles. The van der Waals surface area contributed by atoms with Crippen LogP contribution in [0.1, 0.15) is 11.1 Å². The minimum Gasteiger partial charge on any atom is -0.278 e. The lowest BCUT2D eigenvalue weighted by molar-refractivity contribution is 1.12. The third-order valence-electron chi connectivity index (χ3n) is 1.91. The number of hydrogen-bond donors (Lipinski definition) is 1. The van der Waals surface area contributed by atoms with E-state index in [2.05, 4.69) is 16.3 Å². The predicted octanol–water partition coefficient (Wildman–Crippen LogP) is 1.74. The molecule has 0 unspecified atom stereocenters. The lowest BCUT2D eigenvalue weighted by atomic mass is 10.1. The molecule has 0 aliphatic heterocycles. The number of aromatic nitrogens is 2. The van der Waals surface area contributed by atoms with Crippen LogP contribution in [0.2, 0.25) is 0 Å². The van der Waals surface area contributed by atoms with Gasteiger partial charge in [-0.3, -0.25) is 5.10 Å². The monoisotopic (exact) mass is 157 g/mol. The van der Waals surface area contributed by atoms with E-state index in [1.807, 2.05) is 19.1 Å². The highest BCUT2D eigenvalue weighted by Crippen LogP contribution is 2.16. The van der Waals surface area contributed by atoms with Crippen LogP contribution >= 0.6 is 0 Å². The minimum absolute atomic E-state index is 0.701. The van der Waals surface area contributed by atoms with Crippen LogP contribution < -0.4 is 0 Å². The van der Waals surface area contributed by atoms with Gasteiger partial charge in [0.05, 0.1) is 23.3 Å². The van der Waals surface area contributed by atoms with Crippen LogP contribution in [0.5, 0.6) is 0 Å². The molecule has 1 aromatic heterocycles. The van der Waals surface area contributed by atoms with E-state index in [4.69, 9.17) is 5.26 Å². The van der Waals surface area contributed by atoms with Gasteiger partial charge in [-0.15, -0.1) is 0 Å². The number of rotatable bonds is 0. The van der Waals surface area contributed by atoms with Crippen molar-refractivity contribution in [1.29, 1.82) is 5.26 Å². The Hall–Kier alpha value is -1.82. The maximum absolute atomic E-state index is 8.73. The molecule has 0 amide bonds. The number of nitriles is 1. The molecular formula is C9H7N3. The van der Waals surface area contributed by atoms with Gasteiger partial charge in [-0.2, -0.15) is 10.4 Å². The van der Waals surface area contributed by atoms with Gasteiger partial charge in [0.1, 0.15) is 0 Å². The smallest absolute Gasteiger partial charge is 0.0995 e. The van der Waals surface area contributed by atoms with E-state index in [-0.39, 0.29) is 0 Å². The van der Waals surface area contributed by atoms with Crippen LogP contribution in [0.3, 0.4) is 0 Å². The molecule has 12 heavy (non-hydrogen) atoms. The number of nitrogens with one attached hydrogen (secondary N) is 1. The Morgan fingerprint density at radius 3 is 3.08 bits per heavy atom. The van der Waals surface area contributed by atoms with E-state index in [9.17, 15) is 0 Å². The van der Waals surface area contributed by atoms with Gasteiger partial charge in [-0.05, 0) is 24.6 Å². The summed E-state index contributed by atoms with van der Waals surface area (Å²) in [5, 5.41) is 16.5. The average molecular weight is 157 g/mol. The van der Waals surface area contributed by atoms with E-state index in [0.717, 1.165) is 16.5 Å². The van der Waals surface area contributed by atoms with Crippen molar-refractivity contribution in [1.82, 2.24) is 10.2 Å². The van der Waals surface area contributed by atoms with Gasteiger partial charge < -0.3 is 0 Å². The van der Waals surface area contributed by atoms with Crippen molar-refractivity contribution in [3.63, 3.8) is 0 Å². The van der Waals surface area contributed by atoms with Crippen LogP contribution in [0.25, 0.3) is 10.9 Å². The molecule has 0 saturated heterocycles. The Bertz CT molecular complexity index is 462. The van der Waals surface area contributed by atoms with Crippen LogP contribution in [0.15, 0.2) is 18.3 Å². The lowest BCUT2D eigenvalue weighted by Crippen LogP contribution is -1.81. The number of fused-ring (bicyclic) bond motifs is 1. The van der Waals surface area contributed by atoms with Crippen LogP contribution in [0.4, 0.5) is 0 Å². The minimum atomic E-state index is 0.701. The predicted molar refractivity (Wildman–Crippen MR) is 45.5 cm³/mol. The Labute approximate surface area is 69.6 Å². The van der Waals surface area contributed by atoms with Crippen LogP contribution in [-0.2, 0) is 0 Å².